The number of fused-ring (bicyclic) bond motifs is 6. The zero-order valence-electron chi connectivity index (χ0n) is 19.3. The Morgan fingerprint density at radius 3 is 2.51 bits per heavy atom. The van der Waals surface area contributed by atoms with E-state index in [-0.39, 0.29) is 39.0 Å². The number of carbonyl (C=O) groups excluding carboxylic acids is 1. The number of aromatic hydroxyl groups is 1. The van der Waals surface area contributed by atoms with Gasteiger partial charge >= 0.3 is 5.97 Å². The van der Waals surface area contributed by atoms with Crippen molar-refractivity contribution < 1.29 is 41.7 Å². The summed E-state index contributed by atoms with van der Waals surface area (Å²) in [6.07, 6.45) is -0.696. The van der Waals surface area contributed by atoms with E-state index in [0.29, 0.717) is 6.07 Å². The fraction of sp³-hybridized carbons (Fsp3) is 0.167. The Labute approximate surface area is 218 Å². The van der Waals surface area contributed by atoms with Crippen LogP contribution in [0.2, 0.25) is 0 Å². The third-order valence-corrected chi connectivity index (χ3v) is 7.57. The van der Waals surface area contributed by atoms with Gasteiger partial charge in [-0.2, -0.15) is 0 Å². The van der Waals surface area contributed by atoms with Gasteiger partial charge in [0, 0.05) is 29.8 Å². The van der Waals surface area contributed by atoms with Gasteiger partial charge in [0.05, 0.1) is 22.3 Å². The van der Waals surface area contributed by atoms with Crippen LogP contribution in [-0.2, 0) is 10.0 Å². The summed E-state index contributed by atoms with van der Waals surface area (Å²) in [5.41, 5.74) is -1.43. The number of nitrogens with one attached hydrogen (secondary N) is 1. The molecule has 0 saturated heterocycles. The first-order chi connectivity index (χ1) is 17.3. The van der Waals surface area contributed by atoms with E-state index in [1.165, 1.54) is 30.1 Å². The van der Waals surface area contributed by atoms with E-state index in [4.69, 9.17) is 4.74 Å². The Bertz CT molecular complexity index is 1560. The molecular weight excluding hydrogens is 578 g/mol. The molecule has 194 valence electrons. The van der Waals surface area contributed by atoms with E-state index < -0.39 is 56.0 Å². The van der Waals surface area contributed by atoms with Gasteiger partial charge in [-0.05, 0) is 59.3 Å². The molecule has 0 aliphatic carbocycles. The molecule has 4 rings (SSSR count). The number of carboxylic acids is 1. The quantitative estimate of drug-likeness (QED) is 0.378. The Balaban J connectivity index is 2.01. The van der Waals surface area contributed by atoms with E-state index in [9.17, 15) is 37.0 Å². The second-order valence-electron chi connectivity index (χ2n) is 8.35. The molecule has 1 atom stereocenters. The molecule has 0 aromatic heterocycles. The molecule has 0 saturated carbocycles. The van der Waals surface area contributed by atoms with Gasteiger partial charge in [0.2, 0.25) is 0 Å². The molecule has 9 nitrogen and oxygen atoms in total. The summed E-state index contributed by atoms with van der Waals surface area (Å²) in [6.45, 7) is 1.61. The molecule has 1 aliphatic rings. The molecule has 1 amide bonds. The fourth-order valence-corrected chi connectivity index (χ4v) is 5.65. The van der Waals surface area contributed by atoms with Crippen molar-refractivity contribution in [2.75, 3.05) is 18.3 Å². The van der Waals surface area contributed by atoms with Crippen molar-refractivity contribution in [2.45, 2.75) is 17.9 Å². The molecule has 0 spiro atoms. The highest BCUT2D eigenvalue weighted by Gasteiger charge is 2.28. The van der Waals surface area contributed by atoms with Crippen LogP contribution in [0.4, 0.5) is 14.5 Å². The lowest BCUT2D eigenvalue weighted by atomic mass is 10.0. The SMILES string of the molecule is C[C@H]1CN(C)C(=O)c2cc(Br)c(O)c(c2)S(=O)(=O)Nc2cc(c(F)cc2F)-c2cc(C(=O)O)ccc2O1. The zero-order chi connectivity index (χ0) is 27.2. The molecule has 3 N–H and O–H groups in total. The Morgan fingerprint density at radius 1 is 1.14 bits per heavy atom. The highest BCUT2D eigenvalue weighted by Crippen LogP contribution is 2.38. The molecule has 37 heavy (non-hydrogen) atoms. The number of hydrogen-bond donors (Lipinski definition) is 3. The number of hydrogen-bond acceptors (Lipinski definition) is 6. The third-order valence-electron chi connectivity index (χ3n) is 5.59. The molecular formula is C24H19BrF2N2O7S. The van der Waals surface area contributed by atoms with Crippen molar-refractivity contribution in [3.05, 3.63) is 69.7 Å². The standard InChI is InChI=1S/C24H19BrF2N2O7S/c1-11-10-29(2)23(31)13-6-16(25)22(30)21(7-13)37(34,35)28-19-8-14(17(26)9-18(19)27)15-5-12(24(32)33)3-4-20(15)36-11/h3-9,11,28,30H,10H2,1-2H3,(H,32,33)/t11-/m0/s1. The van der Waals surface area contributed by atoms with Gasteiger partial charge in [0.25, 0.3) is 15.9 Å². The van der Waals surface area contributed by atoms with Crippen molar-refractivity contribution in [3.8, 4) is 22.6 Å². The van der Waals surface area contributed by atoms with Gasteiger partial charge in [0.15, 0.2) is 0 Å². The highest BCUT2D eigenvalue weighted by molar-refractivity contribution is 9.10. The highest BCUT2D eigenvalue weighted by atomic mass is 79.9. The number of nitrogens with zero attached hydrogens (tertiary/aromatic N) is 1. The number of phenolic OH excluding ortho intramolecular Hbond substituents is 1. The number of carbonyl (C=O) groups is 2. The molecule has 1 heterocycles. The molecule has 13 heteroatoms. The number of anilines is 1. The number of likely N-dealkylation sites (N-methyl/N-ethyl adjacent to an activating group) is 1. The van der Waals surface area contributed by atoms with Crippen molar-refractivity contribution >= 4 is 43.5 Å². The first-order valence-corrected chi connectivity index (χ1v) is 12.9. The Morgan fingerprint density at radius 2 is 1.84 bits per heavy atom. The van der Waals surface area contributed by atoms with E-state index in [1.807, 2.05) is 4.72 Å². The van der Waals surface area contributed by atoms with Gasteiger partial charge < -0.3 is 19.8 Å². The lowest BCUT2D eigenvalue weighted by Crippen LogP contribution is -2.35. The van der Waals surface area contributed by atoms with Crippen molar-refractivity contribution in [1.29, 1.82) is 0 Å². The molecule has 3 aromatic rings. The molecule has 3 aromatic carbocycles. The first kappa shape index (κ1) is 26.4. The van der Waals surface area contributed by atoms with E-state index in [1.54, 1.807) is 6.92 Å². The first-order valence-electron chi connectivity index (χ1n) is 10.6. The number of phenols is 1. The van der Waals surface area contributed by atoms with Crippen LogP contribution in [0.25, 0.3) is 11.1 Å². The van der Waals surface area contributed by atoms with Gasteiger partial charge in [-0.15, -0.1) is 0 Å². The number of benzene rings is 3. The van der Waals surface area contributed by atoms with Crippen molar-refractivity contribution in [2.24, 2.45) is 0 Å². The largest absolute Gasteiger partial charge is 0.505 e. The monoisotopic (exact) mass is 596 g/mol. The summed E-state index contributed by atoms with van der Waals surface area (Å²) in [4.78, 5) is 25.2. The number of carboxylic acid groups (broad SMARTS) is 1. The van der Waals surface area contributed by atoms with E-state index in [0.717, 1.165) is 18.2 Å². The molecule has 0 fully saturated rings. The summed E-state index contributed by atoms with van der Waals surface area (Å²) in [7, 11) is -3.26. The second kappa shape index (κ2) is 9.63. The maximum absolute atomic E-state index is 15.0. The number of sulfonamides is 1. The van der Waals surface area contributed by atoms with Crippen LogP contribution in [0.5, 0.6) is 11.5 Å². The van der Waals surface area contributed by atoms with Gasteiger partial charge in [0.1, 0.15) is 34.1 Å². The minimum absolute atomic E-state index is 0.00503. The minimum atomic E-state index is -4.70. The predicted molar refractivity (Wildman–Crippen MR) is 132 cm³/mol. The number of amides is 1. The summed E-state index contributed by atoms with van der Waals surface area (Å²) in [6, 6.07) is 7.09. The Hall–Kier alpha value is -3.71. The summed E-state index contributed by atoms with van der Waals surface area (Å²) >= 11 is 3.03. The maximum atomic E-state index is 15.0. The van der Waals surface area contributed by atoms with Crippen molar-refractivity contribution in [3.63, 3.8) is 0 Å². The normalized spacial score (nSPS) is 17.1. The van der Waals surface area contributed by atoms with Crippen LogP contribution in [0.1, 0.15) is 27.6 Å². The summed E-state index contributed by atoms with van der Waals surface area (Å²) in [5.74, 6) is -5.02. The van der Waals surface area contributed by atoms with Crippen LogP contribution >= 0.6 is 15.9 Å². The number of halogens is 3. The van der Waals surface area contributed by atoms with E-state index in [2.05, 4.69) is 15.9 Å². The molecule has 4 bridgehead atoms. The van der Waals surface area contributed by atoms with Gasteiger partial charge in [-0.1, -0.05) is 0 Å². The average molecular weight is 597 g/mol. The lowest BCUT2D eigenvalue weighted by molar-refractivity contribution is 0.0693. The van der Waals surface area contributed by atoms with Crippen LogP contribution in [0, 0.1) is 11.6 Å². The van der Waals surface area contributed by atoms with Crippen LogP contribution in [-0.4, -0.2) is 55.1 Å². The van der Waals surface area contributed by atoms with Gasteiger partial charge in [-0.3, -0.25) is 9.52 Å². The van der Waals surface area contributed by atoms with Crippen molar-refractivity contribution in [1.82, 2.24) is 4.90 Å². The van der Waals surface area contributed by atoms with E-state index >= 15 is 0 Å². The van der Waals surface area contributed by atoms with Crippen LogP contribution in [0.15, 0.2) is 51.8 Å². The number of ether oxygens (including phenoxy) is 1. The van der Waals surface area contributed by atoms with Gasteiger partial charge in [-0.25, -0.2) is 22.0 Å². The lowest BCUT2D eigenvalue weighted by Gasteiger charge is -2.24. The average Bonchev–Trinajstić information content (AvgIpc) is 2.81. The predicted octanol–water partition coefficient (Wildman–Crippen LogP) is 4.45. The topological polar surface area (TPSA) is 133 Å². The second-order valence-corrected chi connectivity index (χ2v) is 10.9. The third kappa shape index (κ3) is 5.09. The number of rotatable bonds is 1. The van der Waals surface area contributed by atoms with Crippen LogP contribution < -0.4 is 9.46 Å². The van der Waals surface area contributed by atoms with Crippen LogP contribution in [0.3, 0.4) is 0 Å². The number of aromatic carboxylic acids is 1. The fourth-order valence-electron chi connectivity index (χ4n) is 3.85. The smallest absolute Gasteiger partial charge is 0.335 e. The summed E-state index contributed by atoms with van der Waals surface area (Å²) < 4.78 is 63.8. The summed E-state index contributed by atoms with van der Waals surface area (Å²) in [5, 5.41) is 19.8. The Kier molecular flexibility index (Phi) is 6.86. The zero-order valence-corrected chi connectivity index (χ0v) is 21.7. The maximum Gasteiger partial charge on any atom is 0.335 e. The molecule has 1 aliphatic heterocycles. The molecule has 0 radical (unpaired) electrons. The molecule has 0 unspecified atom stereocenters. The minimum Gasteiger partial charge on any atom is -0.505 e.